The third kappa shape index (κ3) is 2.77. The van der Waals surface area contributed by atoms with Gasteiger partial charge in [-0.2, -0.15) is 0 Å². The first-order valence-electron chi connectivity index (χ1n) is 3.85. The fourth-order valence-corrected chi connectivity index (χ4v) is 1.24. The summed E-state index contributed by atoms with van der Waals surface area (Å²) < 4.78 is 25.1. The fourth-order valence-electron chi connectivity index (χ4n) is 1.24. The molecule has 0 radical (unpaired) electrons. The molecule has 1 atom stereocenters. The van der Waals surface area contributed by atoms with Gasteiger partial charge in [-0.1, -0.05) is 6.08 Å². The third-order valence-electron chi connectivity index (χ3n) is 1.99. The Kier molecular flexibility index (Phi) is 2.38. The molecule has 0 aromatic rings. The lowest BCUT2D eigenvalue weighted by molar-refractivity contribution is -0.142. The molecule has 0 saturated carbocycles. The van der Waals surface area contributed by atoms with Crippen molar-refractivity contribution in [3.8, 4) is 0 Å². The van der Waals surface area contributed by atoms with Crippen molar-refractivity contribution in [2.75, 3.05) is 0 Å². The van der Waals surface area contributed by atoms with Gasteiger partial charge in [0.2, 0.25) is 0 Å². The van der Waals surface area contributed by atoms with Gasteiger partial charge in [0.05, 0.1) is 12.0 Å². The molecule has 0 bridgehead atoms. The van der Waals surface area contributed by atoms with Crippen molar-refractivity contribution in [3.05, 3.63) is 12.2 Å². The van der Waals surface area contributed by atoms with Crippen LogP contribution in [0.1, 0.15) is 19.3 Å². The Morgan fingerprint density at radius 2 is 2.00 bits per heavy atom. The van der Waals surface area contributed by atoms with Crippen molar-refractivity contribution in [2.24, 2.45) is 0 Å². The Balaban J connectivity index is 2.70. The summed E-state index contributed by atoms with van der Waals surface area (Å²) in [5.74, 6) is -4.11. The second-order valence-electron chi connectivity index (χ2n) is 3.27. The Labute approximate surface area is 73.7 Å². The minimum atomic E-state index is -2.91. The van der Waals surface area contributed by atoms with Crippen molar-refractivity contribution >= 4 is 5.97 Å². The van der Waals surface area contributed by atoms with Gasteiger partial charge in [0.15, 0.2) is 0 Å². The van der Waals surface area contributed by atoms with Crippen molar-refractivity contribution < 1.29 is 23.8 Å². The molecular weight excluding hydrogens is 182 g/mol. The van der Waals surface area contributed by atoms with Gasteiger partial charge < -0.3 is 10.2 Å². The quantitative estimate of drug-likeness (QED) is 0.646. The molecule has 1 aliphatic rings. The van der Waals surface area contributed by atoms with Crippen LogP contribution in [0.2, 0.25) is 0 Å². The Morgan fingerprint density at radius 1 is 1.38 bits per heavy atom. The summed E-state index contributed by atoms with van der Waals surface area (Å²) in [4.78, 5) is 10.3. The maximum absolute atomic E-state index is 12.5. The number of carboxylic acid groups (broad SMARTS) is 1. The zero-order valence-electron chi connectivity index (χ0n) is 6.83. The number of carboxylic acids is 1. The molecule has 0 saturated heterocycles. The van der Waals surface area contributed by atoms with Crippen LogP contribution >= 0.6 is 0 Å². The average molecular weight is 192 g/mol. The lowest BCUT2D eigenvalue weighted by Gasteiger charge is -2.29. The van der Waals surface area contributed by atoms with E-state index in [0.717, 1.165) is 6.08 Å². The van der Waals surface area contributed by atoms with Crippen LogP contribution < -0.4 is 0 Å². The van der Waals surface area contributed by atoms with Crippen LogP contribution in [0.5, 0.6) is 0 Å². The molecule has 1 unspecified atom stereocenters. The molecule has 0 heterocycles. The molecule has 1 aliphatic carbocycles. The minimum Gasteiger partial charge on any atom is -0.481 e. The van der Waals surface area contributed by atoms with Crippen molar-refractivity contribution in [3.63, 3.8) is 0 Å². The molecule has 13 heavy (non-hydrogen) atoms. The first-order valence-corrected chi connectivity index (χ1v) is 3.85. The number of aliphatic carboxylic acids is 1. The second-order valence-corrected chi connectivity index (χ2v) is 3.27. The predicted molar refractivity (Wildman–Crippen MR) is 40.5 cm³/mol. The molecule has 5 heteroatoms. The molecule has 0 aliphatic heterocycles. The van der Waals surface area contributed by atoms with Crippen molar-refractivity contribution in [1.29, 1.82) is 0 Å². The fraction of sp³-hybridized carbons (Fsp3) is 0.625. The number of hydrogen-bond acceptors (Lipinski definition) is 2. The molecule has 0 amide bonds. The summed E-state index contributed by atoms with van der Waals surface area (Å²) in [5, 5.41) is 17.9. The van der Waals surface area contributed by atoms with Gasteiger partial charge in [0.25, 0.3) is 5.92 Å². The highest BCUT2D eigenvalue weighted by atomic mass is 19.3. The van der Waals surface area contributed by atoms with E-state index in [0.29, 0.717) is 6.08 Å². The first-order chi connectivity index (χ1) is 5.83. The Morgan fingerprint density at radius 3 is 2.38 bits per heavy atom. The number of allylic oxidation sites excluding steroid dienone is 1. The highest BCUT2D eigenvalue weighted by Crippen LogP contribution is 2.34. The number of rotatable bonds is 2. The topological polar surface area (TPSA) is 57.5 Å². The van der Waals surface area contributed by atoms with E-state index in [2.05, 4.69) is 0 Å². The molecule has 0 spiro atoms. The van der Waals surface area contributed by atoms with E-state index in [-0.39, 0.29) is 6.42 Å². The van der Waals surface area contributed by atoms with E-state index in [1.165, 1.54) is 0 Å². The minimum absolute atomic E-state index is 0.219. The first kappa shape index (κ1) is 10.1. The maximum atomic E-state index is 12.5. The Bertz CT molecular complexity index is 250. The van der Waals surface area contributed by atoms with Gasteiger partial charge in [0, 0.05) is 6.42 Å². The third-order valence-corrected chi connectivity index (χ3v) is 1.99. The van der Waals surface area contributed by atoms with Crippen LogP contribution in [0, 0.1) is 0 Å². The van der Waals surface area contributed by atoms with Crippen LogP contribution in [0.15, 0.2) is 12.2 Å². The molecule has 1 rings (SSSR count). The number of carbonyl (C=O) groups is 1. The van der Waals surface area contributed by atoms with Gasteiger partial charge in [-0.3, -0.25) is 4.79 Å². The van der Waals surface area contributed by atoms with Gasteiger partial charge in [0.1, 0.15) is 0 Å². The standard InChI is InChI=1S/C8H10F2O3/c9-8(10)3-1-7(13,2-4-8)5-6(11)12/h1,3,13H,2,4-5H2,(H,11,12). The molecule has 0 aromatic heterocycles. The summed E-state index contributed by atoms with van der Waals surface area (Å²) in [6, 6.07) is 0. The van der Waals surface area contributed by atoms with Gasteiger partial charge in [-0.25, -0.2) is 8.78 Å². The van der Waals surface area contributed by atoms with E-state index < -0.39 is 30.3 Å². The summed E-state index contributed by atoms with van der Waals surface area (Å²) in [6.45, 7) is 0. The predicted octanol–water partition coefficient (Wildman–Crippen LogP) is 1.18. The van der Waals surface area contributed by atoms with E-state index in [9.17, 15) is 18.7 Å². The largest absolute Gasteiger partial charge is 0.481 e. The number of hydrogen-bond donors (Lipinski definition) is 2. The lowest BCUT2D eigenvalue weighted by atomic mass is 9.87. The molecule has 74 valence electrons. The molecule has 0 aromatic carbocycles. The average Bonchev–Trinajstić information content (AvgIpc) is 1.95. The normalized spacial score (nSPS) is 31.6. The van der Waals surface area contributed by atoms with Gasteiger partial charge in [-0.15, -0.1) is 0 Å². The lowest BCUT2D eigenvalue weighted by Crippen LogP contribution is -2.35. The highest BCUT2D eigenvalue weighted by Gasteiger charge is 2.38. The highest BCUT2D eigenvalue weighted by molar-refractivity contribution is 5.68. The molecule has 3 nitrogen and oxygen atoms in total. The van der Waals surface area contributed by atoms with Gasteiger partial charge in [-0.05, 0) is 12.5 Å². The summed E-state index contributed by atoms with van der Waals surface area (Å²) in [6.07, 6.45) is 0.194. The maximum Gasteiger partial charge on any atom is 0.306 e. The van der Waals surface area contributed by atoms with E-state index in [4.69, 9.17) is 5.11 Å². The smallest absolute Gasteiger partial charge is 0.306 e. The number of aliphatic hydroxyl groups is 1. The Hall–Kier alpha value is -0.970. The van der Waals surface area contributed by atoms with Crippen molar-refractivity contribution in [1.82, 2.24) is 0 Å². The van der Waals surface area contributed by atoms with E-state index in [1.807, 2.05) is 0 Å². The van der Waals surface area contributed by atoms with Crippen LogP contribution in [0.3, 0.4) is 0 Å². The molecule has 2 N–H and O–H groups in total. The number of halogens is 2. The summed E-state index contributed by atoms with van der Waals surface area (Å²) in [5.41, 5.74) is -1.60. The van der Waals surface area contributed by atoms with E-state index in [1.54, 1.807) is 0 Å². The second kappa shape index (κ2) is 3.06. The molecule has 0 fully saturated rings. The SMILES string of the molecule is O=C(O)CC1(O)C=CC(F)(F)CC1. The summed E-state index contributed by atoms with van der Waals surface area (Å²) in [7, 11) is 0. The van der Waals surface area contributed by atoms with Crippen molar-refractivity contribution in [2.45, 2.75) is 30.8 Å². The monoisotopic (exact) mass is 192 g/mol. The van der Waals surface area contributed by atoms with Crippen LogP contribution in [-0.2, 0) is 4.79 Å². The van der Waals surface area contributed by atoms with Crippen LogP contribution in [0.25, 0.3) is 0 Å². The molecular formula is C8H10F2O3. The van der Waals surface area contributed by atoms with Crippen LogP contribution in [0.4, 0.5) is 8.78 Å². The van der Waals surface area contributed by atoms with Crippen LogP contribution in [-0.4, -0.2) is 27.7 Å². The van der Waals surface area contributed by atoms with Gasteiger partial charge >= 0.3 is 5.97 Å². The van der Waals surface area contributed by atoms with E-state index >= 15 is 0 Å². The number of alkyl halides is 2. The zero-order valence-corrected chi connectivity index (χ0v) is 6.83. The zero-order chi connectivity index (χ0) is 10.1. The summed E-state index contributed by atoms with van der Waals surface area (Å²) >= 11 is 0.